The largest absolute Gasteiger partial charge is 0.493 e. The Morgan fingerprint density at radius 3 is 2.61 bits per heavy atom. The number of para-hydroxylation sites is 2. The van der Waals surface area contributed by atoms with Crippen LogP contribution in [0.3, 0.4) is 0 Å². The van der Waals surface area contributed by atoms with Gasteiger partial charge in [0.15, 0.2) is 11.5 Å². The maximum atomic E-state index is 12.8. The van der Waals surface area contributed by atoms with Crippen LogP contribution in [0.2, 0.25) is 0 Å². The molecule has 0 bridgehead atoms. The first-order valence-electron chi connectivity index (χ1n) is 9.39. The molecule has 7 nitrogen and oxygen atoms in total. The van der Waals surface area contributed by atoms with Crippen LogP contribution in [0.25, 0.3) is 0 Å². The van der Waals surface area contributed by atoms with Crippen molar-refractivity contribution >= 4 is 17.6 Å². The van der Waals surface area contributed by atoms with Gasteiger partial charge in [-0.1, -0.05) is 12.1 Å². The molecule has 146 valence electrons. The number of hydrogen-bond donors (Lipinski definition) is 1. The third kappa shape index (κ3) is 3.52. The fourth-order valence-corrected chi connectivity index (χ4v) is 4.01. The van der Waals surface area contributed by atoms with Crippen molar-refractivity contribution in [3.63, 3.8) is 0 Å². The topological polar surface area (TPSA) is 86.8 Å². The fourth-order valence-electron chi connectivity index (χ4n) is 4.01. The van der Waals surface area contributed by atoms with Gasteiger partial charge in [0.1, 0.15) is 5.60 Å². The number of carbonyl (C=O) groups excluding carboxylic acids is 2. The summed E-state index contributed by atoms with van der Waals surface area (Å²) >= 11 is 0. The number of anilines is 1. The molecule has 2 aromatic rings. The van der Waals surface area contributed by atoms with E-state index in [0.29, 0.717) is 23.1 Å². The summed E-state index contributed by atoms with van der Waals surface area (Å²) in [6.45, 7) is 0. The smallest absolute Gasteiger partial charge is 0.307 e. The molecule has 1 N–H and O–H groups in total. The lowest BCUT2D eigenvalue weighted by Gasteiger charge is -2.27. The van der Waals surface area contributed by atoms with Crippen molar-refractivity contribution in [3.8, 4) is 17.4 Å². The molecule has 0 radical (unpaired) electrons. The highest BCUT2D eigenvalue weighted by atomic mass is 16.6. The van der Waals surface area contributed by atoms with Crippen LogP contribution in [0.5, 0.6) is 17.4 Å². The zero-order valence-electron chi connectivity index (χ0n) is 15.6. The molecule has 1 spiro atoms. The first kappa shape index (κ1) is 18.3. The lowest BCUT2D eigenvalue weighted by molar-refractivity contribution is -0.149. The zero-order chi connectivity index (χ0) is 19.6. The van der Waals surface area contributed by atoms with Gasteiger partial charge in [0, 0.05) is 6.07 Å². The summed E-state index contributed by atoms with van der Waals surface area (Å²) in [7, 11) is 1.57. The number of nitrogens with zero attached hydrogens (tertiary/aromatic N) is 1. The summed E-state index contributed by atoms with van der Waals surface area (Å²) in [5, 5.41) is 2.86. The average molecular weight is 382 g/mol. The molecule has 1 aromatic carbocycles. The van der Waals surface area contributed by atoms with E-state index in [1.165, 1.54) is 6.20 Å². The number of benzene rings is 1. The Morgan fingerprint density at radius 2 is 1.93 bits per heavy atom. The lowest BCUT2D eigenvalue weighted by Crippen LogP contribution is -2.39. The van der Waals surface area contributed by atoms with Gasteiger partial charge >= 0.3 is 5.97 Å². The lowest BCUT2D eigenvalue weighted by atomic mass is 9.85. The third-order valence-electron chi connectivity index (χ3n) is 5.38. The monoisotopic (exact) mass is 382 g/mol. The minimum Gasteiger partial charge on any atom is -0.493 e. The summed E-state index contributed by atoms with van der Waals surface area (Å²) in [5.41, 5.74) is -0.0773. The normalized spacial score (nSPS) is 20.0. The van der Waals surface area contributed by atoms with Gasteiger partial charge in [0.05, 0.1) is 31.3 Å². The summed E-state index contributed by atoms with van der Waals surface area (Å²) in [6, 6.07) is 10.7. The number of esters is 1. The molecule has 1 atom stereocenters. The van der Waals surface area contributed by atoms with E-state index in [2.05, 4.69) is 10.3 Å². The molecule has 4 rings (SSSR count). The molecule has 28 heavy (non-hydrogen) atoms. The van der Waals surface area contributed by atoms with Gasteiger partial charge in [-0.3, -0.25) is 9.59 Å². The highest BCUT2D eigenvalue weighted by Crippen LogP contribution is 2.46. The van der Waals surface area contributed by atoms with Crippen molar-refractivity contribution in [2.45, 2.75) is 37.7 Å². The van der Waals surface area contributed by atoms with Gasteiger partial charge in [0.25, 0.3) is 0 Å². The second-order valence-electron chi connectivity index (χ2n) is 7.13. The van der Waals surface area contributed by atoms with Crippen molar-refractivity contribution in [2.75, 3.05) is 12.4 Å². The molecule has 1 aliphatic heterocycles. The molecule has 1 saturated carbocycles. The maximum Gasteiger partial charge on any atom is 0.307 e. The van der Waals surface area contributed by atoms with Crippen molar-refractivity contribution < 1.29 is 23.8 Å². The van der Waals surface area contributed by atoms with E-state index in [4.69, 9.17) is 14.2 Å². The number of hydrogen-bond acceptors (Lipinski definition) is 6. The van der Waals surface area contributed by atoms with Gasteiger partial charge in [-0.25, -0.2) is 4.98 Å². The van der Waals surface area contributed by atoms with Gasteiger partial charge in [-0.2, -0.15) is 0 Å². The Hall–Kier alpha value is -3.09. The molecule has 1 amide bonds. The van der Waals surface area contributed by atoms with Crippen molar-refractivity contribution in [1.29, 1.82) is 0 Å². The van der Waals surface area contributed by atoms with Gasteiger partial charge in [-0.15, -0.1) is 0 Å². The zero-order valence-corrected chi connectivity index (χ0v) is 15.6. The molecule has 2 aliphatic rings. The summed E-state index contributed by atoms with van der Waals surface area (Å²) in [4.78, 5) is 28.8. The van der Waals surface area contributed by atoms with Crippen molar-refractivity contribution in [1.82, 2.24) is 4.98 Å². The Morgan fingerprint density at radius 1 is 1.18 bits per heavy atom. The molecule has 2 heterocycles. The van der Waals surface area contributed by atoms with Gasteiger partial charge in [0.2, 0.25) is 11.8 Å². The Kier molecular flexibility index (Phi) is 4.90. The first-order valence-corrected chi connectivity index (χ1v) is 9.39. The van der Waals surface area contributed by atoms with E-state index in [1.54, 1.807) is 31.4 Å². The maximum absolute atomic E-state index is 12.8. The highest BCUT2D eigenvalue weighted by molar-refractivity contribution is 5.96. The molecule has 1 saturated heterocycles. The van der Waals surface area contributed by atoms with E-state index in [-0.39, 0.29) is 18.3 Å². The number of ether oxygens (including phenoxy) is 3. The second-order valence-corrected chi connectivity index (χ2v) is 7.13. The van der Waals surface area contributed by atoms with Crippen LogP contribution in [0, 0.1) is 5.92 Å². The molecule has 1 unspecified atom stereocenters. The van der Waals surface area contributed by atoms with E-state index >= 15 is 0 Å². The van der Waals surface area contributed by atoms with Crippen LogP contribution in [-0.4, -0.2) is 29.6 Å². The van der Waals surface area contributed by atoms with Crippen LogP contribution in [0.15, 0.2) is 42.6 Å². The molecule has 1 aliphatic carbocycles. The van der Waals surface area contributed by atoms with E-state index in [1.807, 2.05) is 12.1 Å². The third-order valence-corrected chi connectivity index (χ3v) is 5.38. The van der Waals surface area contributed by atoms with Gasteiger partial charge < -0.3 is 19.5 Å². The van der Waals surface area contributed by atoms with Crippen molar-refractivity contribution in [2.24, 2.45) is 5.92 Å². The molecular formula is C21H22N2O5. The Labute approximate surface area is 163 Å². The van der Waals surface area contributed by atoms with E-state index in [9.17, 15) is 9.59 Å². The SMILES string of the molecule is COc1ccccc1Oc1ccc(NC(=O)C2CC(=O)OC23CCCC3)cn1. The highest BCUT2D eigenvalue weighted by Gasteiger charge is 2.53. The summed E-state index contributed by atoms with van der Waals surface area (Å²) in [5.74, 6) is 0.600. The number of methoxy groups -OCH3 is 1. The van der Waals surface area contributed by atoms with Crippen LogP contribution >= 0.6 is 0 Å². The predicted octanol–water partition coefficient (Wildman–Crippen LogP) is 3.70. The number of aromatic nitrogens is 1. The number of rotatable bonds is 5. The number of amides is 1. The number of nitrogens with one attached hydrogen (secondary N) is 1. The predicted molar refractivity (Wildman–Crippen MR) is 101 cm³/mol. The van der Waals surface area contributed by atoms with Gasteiger partial charge in [-0.05, 0) is 43.9 Å². The Balaban J connectivity index is 1.43. The van der Waals surface area contributed by atoms with E-state index < -0.39 is 11.5 Å². The second kappa shape index (κ2) is 7.50. The minimum atomic E-state index is -0.624. The van der Waals surface area contributed by atoms with Crippen LogP contribution in [-0.2, 0) is 14.3 Å². The minimum absolute atomic E-state index is 0.133. The first-order chi connectivity index (χ1) is 13.6. The Bertz CT molecular complexity index is 875. The number of pyridine rings is 1. The average Bonchev–Trinajstić information content (AvgIpc) is 3.30. The quantitative estimate of drug-likeness (QED) is 0.794. The molecule has 7 heteroatoms. The van der Waals surface area contributed by atoms with Crippen LogP contribution in [0.4, 0.5) is 5.69 Å². The fraction of sp³-hybridized carbons (Fsp3) is 0.381. The van der Waals surface area contributed by atoms with Crippen molar-refractivity contribution in [3.05, 3.63) is 42.6 Å². The molecular weight excluding hydrogens is 360 g/mol. The molecule has 1 aromatic heterocycles. The summed E-state index contributed by atoms with van der Waals surface area (Å²) < 4.78 is 16.5. The molecule has 2 fully saturated rings. The van der Waals surface area contributed by atoms with Crippen LogP contribution < -0.4 is 14.8 Å². The standard InChI is InChI=1S/C21H22N2O5/c1-26-16-6-2-3-7-17(16)27-18-9-8-14(13-22-18)23-20(25)15-12-19(24)28-21(15)10-4-5-11-21/h2-3,6-9,13,15H,4-5,10-12H2,1H3,(H,23,25). The summed E-state index contributed by atoms with van der Waals surface area (Å²) in [6.07, 6.45) is 5.12. The van der Waals surface area contributed by atoms with E-state index in [0.717, 1.165) is 25.7 Å². The van der Waals surface area contributed by atoms with Crippen LogP contribution in [0.1, 0.15) is 32.1 Å². The number of carbonyl (C=O) groups is 2.